The van der Waals surface area contributed by atoms with Crippen LogP contribution in [0.3, 0.4) is 0 Å². The minimum atomic E-state index is -0.798. The van der Waals surface area contributed by atoms with Gasteiger partial charge in [0, 0.05) is 12.1 Å². The molecule has 24 heavy (non-hydrogen) atoms. The van der Waals surface area contributed by atoms with E-state index in [0.29, 0.717) is 22.2 Å². The smallest absolute Gasteiger partial charge is 0.358 e. The summed E-state index contributed by atoms with van der Waals surface area (Å²) in [6.45, 7) is 3.28. The molecule has 0 aliphatic heterocycles. The first-order valence-corrected chi connectivity index (χ1v) is 7.56. The summed E-state index contributed by atoms with van der Waals surface area (Å²) in [6, 6.07) is 6.75. The van der Waals surface area contributed by atoms with Crippen LogP contribution in [0.5, 0.6) is 5.75 Å². The lowest BCUT2D eigenvalue weighted by Gasteiger charge is -2.15. The van der Waals surface area contributed by atoms with Crippen LogP contribution in [-0.4, -0.2) is 34.9 Å². The van der Waals surface area contributed by atoms with Crippen LogP contribution in [0.2, 0.25) is 5.02 Å². The second-order valence-electron chi connectivity index (χ2n) is 5.13. The number of hydrogen-bond donors (Lipinski definition) is 1. The van der Waals surface area contributed by atoms with Crippen molar-refractivity contribution in [3.63, 3.8) is 0 Å². The molecule has 0 spiro atoms. The first kappa shape index (κ1) is 17.8. The first-order chi connectivity index (χ1) is 11.3. The van der Waals surface area contributed by atoms with Gasteiger partial charge in [0.1, 0.15) is 5.75 Å². The second kappa shape index (κ2) is 7.35. The van der Waals surface area contributed by atoms with Crippen molar-refractivity contribution >= 4 is 29.2 Å². The molecule has 1 N–H and O–H groups in total. The van der Waals surface area contributed by atoms with Crippen molar-refractivity contribution in [3.8, 4) is 5.75 Å². The Balaban J connectivity index is 2.16. The molecule has 1 amide bonds. The molecule has 8 heteroatoms. The maximum Gasteiger partial charge on any atom is 0.358 e. The highest BCUT2D eigenvalue weighted by atomic mass is 35.5. The number of ether oxygens (including phenoxy) is 2. The van der Waals surface area contributed by atoms with Gasteiger partial charge in [0.2, 0.25) is 0 Å². The Bertz CT molecular complexity index is 773. The Labute approximate surface area is 144 Å². The summed E-state index contributed by atoms with van der Waals surface area (Å²) in [5, 5.41) is 7.31. The van der Waals surface area contributed by atoms with Gasteiger partial charge in [0.15, 0.2) is 11.8 Å². The number of halogens is 1. The SMILES string of the molecule is COC(=O)c1c(NC(=O)C(C)Oc2cccc(Cl)c2)c(C)nn1C. The predicted molar refractivity (Wildman–Crippen MR) is 89.5 cm³/mol. The number of carbonyl (C=O) groups is 2. The molecule has 1 unspecified atom stereocenters. The van der Waals surface area contributed by atoms with Crippen molar-refractivity contribution in [2.75, 3.05) is 12.4 Å². The summed E-state index contributed by atoms with van der Waals surface area (Å²) in [4.78, 5) is 24.2. The van der Waals surface area contributed by atoms with Crippen molar-refractivity contribution in [2.45, 2.75) is 20.0 Å². The lowest BCUT2D eigenvalue weighted by Crippen LogP contribution is -2.31. The van der Waals surface area contributed by atoms with E-state index in [1.54, 1.807) is 45.2 Å². The van der Waals surface area contributed by atoms with Crippen LogP contribution in [0.1, 0.15) is 23.1 Å². The van der Waals surface area contributed by atoms with Crippen LogP contribution in [0, 0.1) is 6.92 Å². The van der Waals surface area contributed by atoms with E-state index in [1.807, 2.05) is 0 Å². The quantitative estimate of drug-likeness (QED) is 0.837. The molecule has 128 valence electrons. The Morgan fingerprint density at radius 1 is 1.38 bits per heavy atom. The van der Waals surface area contributed by atoms with E-state index < -0.39 is 18.0 Å². The summed E-state index contributed by atoms with van der Waals surface area (Å²) in [5.41, 5.74) is 0.968. The molecule has 1 aromatic heterocycles. The molecule has 0 aliphatic carbocycles. The van der Waals surface area contributed by atoms with Crippen LogP contribution >= 0.6 is 11.6 Å². The zero-order valence-corrected chi connectivity index (χ0v) is 14.5. The molecule has 0 aliphatic rings. The van der Waals surface area contributed by atoms with E-state index in [1.165, 1.54) is 11.8 Å². The highest BCUT2D eigenvalue weighted by molar-refractivity contribution is 6.30. The van der Waals surface area contributed by atoms with Crippen molar-refractivity contribution in [1.82, 2.24) is 9.78 Å². The van der Waals surface area contributed by atoms with Crippen LogP contribution in [0.25, 0.3) is 0 Å². The van der Waals surface area contributed by atoms with Gasteiger partial charge in [0.05, 0.1) is 18.5 Å². The van der Waals surface area contributed by atoms with E-state index >= 15 is 0 Å². The van der Waals surface area contributed by atoms with Gasteiger partial charge in [-0.2, -0.15) is 5.10 Å². The zero-order valence-electron chi connectivity index (χ0n) is 13.8. The van der Waals surface area contributed by atoms with Crippen molar-refractivity contribution in [2.24, 2.45) is 7.05 Å². The number of hydrogen-bond acceptors (Lipinski definition) is 5. The summed E-state index contributed by atoms with van der Waals surface area (Å²) in [5.74, 6) is -0.533. The number of anilines is 1. The monoisotopic (exact) mass is 351 g/mol. The van der Waals surface area contributed by atoms with Crippen molar-refractivity contribution < 1.29 is 19.1 Å². The molecule has 0 saturated heterocycles. The Kier molecular flexibility index (Phi) is 5.46. The van der Waals surface area contributed by atoms with E-state index in [4.69, 9.17) is 21.1 Å². The molecule has 1 heterocycles. The summed E-state index contributed by atoms with van der Waals surface area (Å²) < 4.78 is 11.6. The van der Waals surface area contributed by atoms with Crippen LogP contribution in [0.4, 0.5) is 5.69 Å². The lowest BCUT2D eigenvalue weighted by molar-refractivity contribution is -0.122. The first-order valence-electron chi connectivity index (χ1n) is 7.18. The normalized spacial score (nSPS) is 11.7. The minimum absolute atomic E-state index is 0.165. The van der Waals surface area contributed by atoms with Gasteiger partial charge in [0.25, 0.3) is 5.91 Å². The van der Waals surface area contributed by atoms with Gasteiger partial charge in [-0.1, -0.05) is 17.7 Å². The molecule has 2 aromatic rings. The standard InChI is InChI=1S/C16H18ClN3O4/c1-9-13(14(16(22)23-4)20(3)19-9)18-15(21)10(2)24-12-7-5-6-11(17)8-12/h5-8,10H,1-4H3,(H,18,21). The number of benzene rings is 1. The number of nitrogens with one attached hydrogen (secondary N) is 1. The Morgan fingerprint density at radius 3 is 2.71 bits per heavy atom. The molecule has 0 bridgehead atoms. The number of amides is 1. The molecule has 7 nitrogen and oxygen atoms in total. The van der Waals surface area contributed by atoms with E-state index in [2.05, 4.69) is 10.4 Å². The average molecular weight is 352 g/mol. The third-order valence-electron chi connectivity index (χ3n) is 3.33. The highest BCUT2D eigenvalue weighted by Gasteiger charge is 2.24. The van der Waals surface area contributed by atoms with E-state index in [-0.39, 0.29) is 5.69 Å². The number of methoxy groups -OCH3 is 1. The molecule has 0 saturated carbocycles. The third kappa shape index (κ3) is 3.86. The molecule has 2 rings (SSSR count). The molecule has 1 aromatic carbocycles. The van der Waals surface area contributed by atoms with Crippen LogP contribution in [0.15, 0.2) is 24.3 Å². The van der Waals surface area contributed by atoms with E-state index in [9.17, 15) is 9.59 Å². The fourth-order valence-electron chi connectivity index (χ4n) is 2.16. The van der Waals surface area contributed by atoms with Crippen molar-refractivity contribution in [3.05, 3.63) is 40.7 Å². The number of nitrogens with zero attached hydrogens (tertiary/aromatic N) is 2. The van der Waals surface area contributed by atoms with E-state index in [0.717, 1.165) is 0 Å². The van der Waals surface area contributed by atoms with Gasteiger partial charge in [-0.3, -0.25) is 9.48 Å². The largest absolute Gasteiger partial charge is 0.481 e. The third-order valence-corrected chi connectivity index (χ3v) is 3.56. The predicted octanol–water partition coefficient (Wildman–Crippen LogP) is 2.57. The second-order valence-corrected chi connectivity index (χ2v) is 5.57. The number of aromatic nitrogens is 2. The summed E-state index contributed by atoms with van der Waals surface area (Å²) in [6.07, 6.45) is -0.798. The average Bonchev–Trinajstić information content (AvgIpc) is 2.80. The summed E-state index contributed by atoms with van der Waals surface area (Å²) >= 11 is 5.89. The number of rotatable bonds is 5. The fourth-order valence-corrected chi connectivity index (χ4v) is 2.34. The maximum atomic E-state index is 12.4. The molecule has 1 atom stereocenters. The van der Waals surface area contributed by atoms with Crippen molar-refractivity contribution in [1.29, 1.82) is 0 Å². The zero-order chi connectivity index (χ0) is 17.9. The Morgan fingerprint density at radius 2 is 2.08 bits per heavy atom. The maximum absolute atomic E-state index is 12.4. The molecule has 0 radical (unpaired) electrons. The number of esters is 1. The van der Waals surface area contributed by atoms with Gasteiger partial charge < -0.3 is 14.8 Å². The molecular formula is C16H18ClN3O4. The number of aryl methyl sites for hydroxylation is 2. The molecule has 0 fully saturated rings. The fraction of sp³-hybridized carbons (Fsp3) is 0.312. The lowest BCUT2D eigenvalue weighted by atomic mass is 10.2. The van der Waals surface area contributed by atoms with Gasteiger partial charge in [-0.15, -0.1) is 0 Å². The Hall–Kier alpha value is -2.54. The van der Waals surface area contributed by atoms with Crippen LogP contribution < -0.4 is 10.1 Å². The molecular weight excluding hydrogens is 334 g/mol. The van der Waals surface area contributed by atoms with Gasteiger partial charge >= 0.3 is 5.97 Å². The highest BCUT2D eigenvalue weighted by Crippen LogP contribution is 2.22. The minimum Gasteiger partial charge on any atom is -0.481 e. The number of carbonyl (C=O) groups excluding carboxylic acids is 2. The topological polar surface area (TPSA) is 82.4 Å². The van der Waals surface area contributed by atoms with Crippen LogP contribution in [-0.2, 0) is 16.6 Å². The summed E-state index contributed by atoms with van der Waals surface area (Å²) in [7, 11) is 2.86. The van der Waals surface area contributed by atoms with Gasteiger partial charge in [-0.05, 0) is 32.0 Å². The van der Waals surface area contributed by atoms with Gasteiger partial charge in [-0.25, -0.2) is 4.79 Å².